The van der Waals surface area contributed by atoms with Gasteiger partial charge in [0.25, 0.3) is 0 Å². The third-order valence-electron chi connectivity index (χ3n) is 0.689. The van der Waals surface area contributed by atoms with Gasteiger partial charge in [0.1, 0.15) is 0 Å². The van der Waals surface area contributed by atoms with Crippen molar-refractivity contribution in [1.29, 1.82) is 0 Å². The van der Waals surface area contributed by atoms with Gasteiger partial charge in [-0.15, -0.1) is 0 Å². The van der Waals surface area contributed by atoms with Crippen molar-refractivity contribution in [2.75, 3.05) is 6.61 Å². The zero-order valence-electron chi connectivity index (χ0n) is 4.64. The molecule has 44 valence electrons. The van der Waals surface area contributed by atoms with Crippen LogP contribution in [0.3, 0.4) is 0 Å². The van der Waals surface area contributed by atoms with Gasteiger partial charge >= 0.3 is 47.8 Å². The molecule has 0 saturated heterocycles. The molecule has 0 amide bonds. The standard InChI is InChI=1S/C6H8O2/c1-3-6(2)4-8-5-7/h1-4H2. The third kappa shape index (κ3) is 3.47. The van der Waals surface area contributed by atoms with Gasteiger partial charge in [0.05, 0.1) is 0 Å². The molecule has 0 aromatic carbocycles. The molecule has 0 aromatic rings. The molecule has 0 saturated carbocycles. The van der Waals surface area contributed by atoms with Crippen molar-refractivity contribution in [1.82, 2.24) is 0 Å². The van der Waals surface area contributed by atoms with Crippen LogP contribution in [-0.4, -0.2) is 6.61 Å². The molecule has 0 fully saturated rings. The number of ether oxygens (including phenoxy) is 1. The molecule has 0 heterocycles. The van der Waals surface area contributed by atoms with Gasteiger partial charge in [-0.1, -0.05) is 0 Å². The van der Waals surface area contributed by atoms with Crippen molar-refractivity contribution in [3.63, 3.8) is 0 Å². The third-order valence-corrected chi connectivity index (χ3v) is 0.689. The molecular formula is C6H8O2. The van der Waals surface area contributed by atoms with Crippen molar-refractivity contribution in [3.05, 3.63) is 19.1 Å². The van der Waals surface area contributed by atoms with Crippen LogP contribution in [0.1, 0.15) is 6.42 Å². The summed E-state index contributed by atoms with van der Waals surface area (Å²) < 4.78 is 13.7. The van der Waals surface area contributed by atoms with Gasteiger partial charge in [0, 0.05) is 0 Å². The van der Waals surface area contributed by atoms with Crippen LogP contribution in [0.15, 0.2) is 12.2 Å². The number of hydrogen-bond donors (Lipinski definition) is 0. The first-order chi connectivity index (χ1) is 3.81. The molecule has 0 aliphatic carbocycles. The van der Waals surface area contributed by atoms with Crippen LogP contribution in [0.4, 0.5) is 0 Å². The van der Waals surface area contributed by atoms with E-state index in [9.17, 15) is 4.65 Å². The van der Waals surface area contributed by atoms with Gasteiger partial charge in [0.2, 0.25) is 0 Å². The van der Waals surface area contributed by atoms with E-state index in [0.29, 0.717) is 6.42 Å². The van der Waals surface area contributed by atoms with Crippen molar-refractivity contribution < 1.29 is 9.39 Å². The Hall–Kier alpha value is -0.720. The maximum absolute atomic E-state index is 9.42. The molecule has 0 N–H and O–H groups in total. The quantitative estimate of drug-likeness (QED) is 0.305. The van der Waals surface area contributed by atoms with Crippen LogP contribution in [0.5, 0.6) is 0 Å². The molecule has 0 spiro atoms. The predicted octanol–water partition coefficient (Wildman–Crippen LogP) is 1.13. The van der Waals surface area contributed by atoms with Crippen LogP contribution < -0.4 is 0 Å². The summed E-state index contributed by atoms with van der Waals surface area (Å²) in [6.45, 7) is 7.32. The number of rotatable bonds is 3. The SMILES string of the molecule is C=C(C[CH2-])COC#[O+]. The van der Waals surface area contributed by atoms with E-state index in [1.54, 1.807) is 0 Å². The van der Waals surface area contributed by atoms with E-state index in [-0.39, 0.29) is 6.61 Å². The van der Waals surface area contributed by atoms with E-state index in [0.717, 1.165) is 5.57 Å². The Bertz CT molecular complexity index is 110. The molecule has 0 aliphatic heterocycles. The van der Waals surface area contributed by atoms with E-state index >= 15 is 0 Å². The molecule has 2 heteroatoms. The summed E-state index contributed by atoms with van der Waals surface area (Å²) in [5, 5.41) is 0. The van der Waals surface area contributed by atoms with E-state index in [1.165, 1.54) is 6.33 Å². The zero-order valence-corrected chi connectivity index (χ0v) is 4.64. The Labute approximate surface area is 48.9 Å². The topological polar surface area (TPSA) is 29.1 Å². The molecule has 2 nitrogen and oxygen atoms in total. The summed E-state index contributed by atoms with van der Waals surface area (Å²) in [5.74, 6) is 0. The van der Waals surface area contributed by atoms with E-state index in [1.807, 2.05) is 0 Å². The fourth-order valence-corrected chi connectivity index (χ4v) is 0.204. The Morgan fingerprint density at radius 2 is 2.50 bits per heavy atom. The minimum atomic E-state index is 0.243. The summed E-state index contributed by atoms with van der Waals surface area (Å²) >= 11 is 0. The first-order valence-corrected chi connectivity index (χ1v) is 2.26. The summed E-state index contributed by atoms with van der Waals surface area (Å²) in [7, 11) is 0. The van der Waals surface area contributed by atoms with Gasteiger partial charge in [-0.25, -0.2) is 0 Å². The predicted molar refractivity (Wildman–Crippen MR) is 29.6 cm³/mol. The molecule has 0 bridgehead atoms. The maximum atomic E-state index is 9.42. The van der Waals surface area contributed by atoms with E-state index in [4.69, 9.17) is 0 Å². The average molecular weight is 112 g/mol. The first kappa shape index (κ1) is 7.28. The van der Waals surface area contributed by atoms with E-state index in [2.05, 4.69) is 18.2 Å². The van der Waals surface area contributed by atoms with Gasteiger partial charge < -0.3 is 0 Å². The van der Waals surface area contributed by atoms with Crippen LogP contribution in [0.25, 0.3) is 0 Å². The second-order valence-corrected chi connectivity index (χ2v) is 1.37. The second kappa shape index (κ2) is 4.44. The average Bonchev–Trinajstić information content (AvgIpc) is 1.83. The van der Waals surface area contributed by atoms with Crippen LogP contribution >= 0.6 is 0 Å². The second-order valence-electron chi connectivity index (χ2n) is 1.37. The van der Waals surface area contributed by atoms with Crippen LogP contribution in [-0.2, 0) is 9.39 Å². The molecule has 0 atom stereocenters. The summed E-state index contributed by atoms with van der Waals surface area (Å²) in [4.78, 5) is 0. The summed E-state index contributed by atoms with van der Waals surface area (Å²) in [6.07, 6.45) is 1.89. The fraction of sp³-hybridized carbons (Fsp3) is 0.333. The van der Waals surface area contributed by atoms with Gasteiger partial charge in [-0.05, 0) is 0 Å². The van der Waals surface area contributed by atoms with Crippen molar-refractivity contribution in [2.24, 2.45) is 0 Å². The Morgan fingerprint density at radius 3 is 2.88 bits per heavy atom. The van der Waals surface area contributed by atoms with Crippen molar-refractivity contribution in [3.8, 4) is 6.33 Å². The normalized spacial score (nSPS) is 7.50. The molecule has 0 radical (unpaired) electrons. The molecule has 0 aromatic heterocycles. The Balaban J connectivity index is 3.15. The van der Waals surface area contributed by atoms with Crippen LogP contribution in [0.2, 0.25) is 0 Å². The van der Waals surface area contributed by atoms with Crippen molar-refractivity contribution in [2.45, 2.75) is 6.42 Å². The molecule has 0 aliphatic rings. The number of hydrogen-bond acceptors (Lipinski definition) is 1. The van der Waals surface area contributed by atoms with Gasteiger partial charge in [0.15, 0.2) is 0 Å². The fourth-order valence-electron chi connectivity index (χ4n) is 0.204. The van der Waals surface area contributed by atoms with Crippen LogP contribution in [0, 0.1) is 13.3 Å². The van der Waals surface area contributed by atoms with Gasteiger partial charge in [-0.2, -0.15) is 0 Å². The molecule has 0 rings (SSSR count). The Morgan fingerprint density at radius 1 is 1.88 bits per heavy atom. The Kier molecular flexibility index (Phi) is 4.04. The molecule has 0 unspecified atom stereocenters. The first-order valence-electron chi connectivity index (χ1n) is 2.26. The van der Waals surface area contributed by atoms with E-state index < -0.39 is 0 Å². The zero-order chi connectivity index (χ0) is 6.41. The minimum absolute atomic E-state index is 0.243. The van der Waals surface area contributed by atoms with Crippen molar-refractivity contribution >= 4 is 0 Å². The van der Waals surface area contributed by atoms with Gasteiger partial charge in [-0.3, -0.25) is 0 Å². The molecule has 8 heavy (non-hydrogen) atoms. The molecular weight excluding hydrogens is 104 g/mol. The summed E-state index contributed by atoms with van der Waals surface area (Å²) in [5.41, 5.74) is 0.799. The summed E-state index contributed by atoms with van der Waals surface area (Å²) in [6, 6.07) is 0. The monoisotopic (exact) mass is 112 g/mol.